The maximum Gasteiger partial charge on any atom is 0.333 e. The number of aliphatic hydroxyl groups excluding tert-OH is 2. The molecule has 0 heterocycles. The Morgan fingerprint density at radius 3 is 1.71 bits per heavy atom. The number of aryl methyl sites for hydroxylation is 6. The van der Waals surface area contributed by atoms with Gasteiger partial charge in [-0.15, -0.1) is 0 Å². The standard InChI is InChI=1S/C37H48O4/c1-5-33-23-30(9-7-10-32(25-38)26-39)18-20-35(33)36-21-19-31(24-34(36)6-2)17-16-29-14-12-28(13-15-29)11-8-22-41-37(40)27(3)4/h12-15,18-21,23-24,32,38-39H,3,5-11,16-17,22,25-26H2,1-2,4H3. The molecular formula is C37H48O4. The summed E-state index contributed by atoms with van der Waals surface area (Å²) in [6, 6.07) is 22.6. The quantitative estimate of drug-likeness (QED) is 0.104. The number of esters is 1. The zero-order chi connectivity index (χ0) is 29.6. The fourth-order valence-corrected chi connectivity index (χ4v) is 5.28. The highest BCUT2D eigenvalue weighted by molar-refractivity contribution is 5.86. The molecule has 0 aliphatic rings. The van der Waals surface area contributed by atoms with Gasteiger partial charge < -0.3 is 14.9 Å². The molecule has 0 aliphatic carbocycles. The van der Waals surface area contributed by atoms with Gasteiger partial charge in [0.05, 0.1) is 6.61 Å². The van der Waals surface area contributed by atoms with Gasteiger partial charge >= 0.3 is 5.97 Å². The second-order valence-corrected chi connectivity index (χ2v) is 11.1. The van der Waals surface area contributed by atoms with Crippen LogP contribution >= 0.6 is 0 Å². The molecule has 41 heavy (non-hydrogen) atoms. The highest BCUT2D eigenvalue weighted by Crippen LogP contribution is 2.30. The predicted octanol–water partition coefficient (Wildman–Crippen LogP) is 7.24. The molecule has 0 aliphatic heterocycles. The Morgan fingerprint density at radius 1 is 0.732 bits per heavy atom. The minimum Gasteiger partial charge on any atom is -0.462 e. The summed E-state index contributed by atoms with van der Waals surface area (Å²) in [6.07, 6.45) is 8.47. The molecule has 4 heteroatoms. The van der Waals surface area contributed by atoms with E-state index in [1.54, 1.807) is 6.92 Å². The first-order chi connectivity index (χ1) is 19.9. The van der Waals surface area contributed by atoms with Gasteiger partial charge in [-0.1, -0.05) is 81.1 Å². The Bertz CT molecular complexity index is 1250. The summed E-state index contributed by atoms with van der Waals surface area (Å²) >= 11 is 0. The minimum absolute atomic E-state index is 0.0126. The van der Waals surface area contributed by atoms with E-state index in [0.717, 1.165) is 57.8 Å². The monoisotopic (exact) mass is 556 g/mol. The van der Waals surface area contributed by atoms with Crippen molar-refractivity contribution in [3.63, 3.8) is 0 Å². The van der Waals surface area contributed by atoms with Crippen molar-refractivity contribution in [2.45, 2.75) is 78.6 Å². The number of ether oxygens (including phenoxy) is 1. The van der Waals surface area contributed by atoms with Crippen LogP contribution in [0.15, 0.2) is 72.8 Å². The lowest BCUT2D eigenvalue weighted by Crippen LogP contribution is -2.11. The molecule has 0 aromatic heterocycles. The van der Waals surface area contributed by atoms with E-state index < -0.39 is 0 Å². The summed E-state index contributed by atoms with van der Waals surface area (Å²) in [6.45, 7) is 10.3. The van der Waals surface area contributed by atoms with Crippen LogP contribution in [0.3, 0.4) is 0 Å². The van der Waals surface area contributed by atoms with Gasteiger partial charge in [0.2, 0.25) is 0 Å². The van der Waals surface area contributed by atoms with E-state index in [1.807, 2.05) is 0 Å². The topological polar surface area (TPSA) is 66.8 Å². The first-order valence-electron chi connectivity index (χ1n) is 15.2. The Hall–Kier alpha value is -3.21. The van der Waals surface area contributed by atoms with Gasteiger partial charge in [-0.3, -0.25) is 0 Å². The molecule has 0 amide bonds. The van der Waals surface area contributed by atoms with E-state index in [1.165, 1.54) is 44.5 Å². The fraction of sp³-hybridized carbons (Fsp3) is 0.432. The molecule has 0 radical (unpaired) electrons. The van der Waals surface area contributed by atoms with Gasteiger partial charge in [0.1, 0.15) is 0 Å². The van der Waals surface area contributed by atoms with Crippen LogP contribution in [0.4, 0.5) is 0 Å². The van der Waals surface area contributed by atoms with Crippen molar-refractivity contribution in [3.05, 3.63) is 106 Å². The van der Waals surface area contributed by atoms with Crippen molar-refractivity contribution < 1.29 is 19.7 Å². The van der Waals surface area contributed by atoms with E-state index in [4.69, 9.17) is 4.74 Å². The third-order valence-corrected chi connectivity index (χ3v) is 7.90. The number of benzene rings is 3. The van der Waals surface area contributed by atoms with E-state index in [9.17, 15) is 15.0 Å². The number of rotatable bonds is 17. The van der Waals surface area contributed by atoms with Crippen molar-refractivity contribution in [3.8, 4) is 11.1 Å². The van der Waals surface area contributed by atoms with Crippen LogP contribution in [0.1, 0.15) is 73.4 Å². The molecule has 0 saturated heterocycles. The Labute approximate surface area is 247 Å². The lowest BCUT2D eigenvalue weighted by Gasteiger charge is -2.16. The van der Waals surface area contributed by atoms with Gasteiger partial charge in [-0.25, -0.2) is 4.79 Å². The van der Waals surface area contributed by atoms with Gasteiger partial charge in [0, 0.05) is 24.7 Å². The van der Waals surface area contributed by atoms with Crippen LogP contribution in [-0.2, 0) is 48.1 Å². The van der Waals surface area contributed by atoms with Crippen LogP contribution in [-0.4, -0.2) is 36.0 Å². The fourth-order valence-electron chi connectivity index (χ4n) is 5.28. The molecule has 3 aromatic carbocycles. The summed E-state index contributed by atoms with van der Waals surface area (Å²) < 4.78 is 5.19. The number of aliphatic hydroxyl groups is 2. The molecule has 0 atom stereocenters. The first kappa shape index (κ1) is 32.3. The Kier molecular flexibility index (Phi) is 13.3. The highest BCUT2D eigenvalue weighted by atomic mass is 16.5. The molecule has 0 saturated carbocycles. The summed E-state index contributed by atoms with van der Waals surface area (Å²) in [7, 11) is 0. The van der Waals surface area contributed by atoms with Crippen molar-refractivity contribution in [2.75, 3.05) is 19.8 Å². The Balaban J connectivity index is 1.58. The molecule has 220 valence electrons. The summed E-state index contributed by atoms with van der Waals surface area (Å²) in [5.74, 6) is -0.330. The average Bonchev–Trinajstić information content (AvgIpc) is 3.00. The maximum absolute atomic E-state index is 11.5. The van der Waals surface area contributed by atoms with Gasteiger partial charge in [0.25, 0.3) is 0 Å². The second-order valence-electron chi connectivity index (χ2n) is 11.1. The number of carbonyl (C=O) groups is 1. The molecule has 0 spiro atoms. The first-order valence-corrected chi connectivity index (χ1v) is 15.2. The predicted molar refractivity (Wildman–Crippen MR) is 169 cm³/mol. The van der Waals surface area contributed by atoms with Crippen molar-refractivity contribution >= 4 is 5.97 Å². The van der Waals surface area contributed by atoms with Crippen LogP contribution in [0, 0.1) is 5.92 Å². The second kappa shape index (κ2) is 16.9. The van der Waals surface area contributed by atoms with Crippen molar-refractivity contribution in [1.29, 1.82) is 0 Å². The smallest absolute Gasteiger partial charge is 0.333 e. The lowest BCUT2D eigenvalue weighted by molar-refractivity contribution is -0.139. The summed E-state index contributed by atoms with van der Waals surface area (Å²) in [4.78, 5) is 11.5. The third kappa shape index (κ3) is 9.98. The van der Waals surface area contributed by atoms with Gasteiger partial charge in [-0.2, -0.15) is 0 Å². The van der Waals surface area contributed by atoms with E-state index in [0.29, 0.717) is 12.2 Å². The molecular weight excluding hydrogens is 508 g/mol. The Morgan fingerprint density at radius 2 is 1.20 bits per heavy atom. The number of hydrogen-bond donors (Lipinski definition) is 2. The molecule has 0 unspecified atom stereocenters. The highest BCUT2D eigenvalue weighted by Gasteiger charge is 2.12. The maximum atomic E-state index is 11.5. The van der Waals surface area contributed by atoms with E-state index >= 15 is 0 Å². The normalized spacial score (nSPS) is 11.2. The molecule has 2 N–H and O–H groups in total. The minimum atomic E-state index is -0.317. The molecule has 0 bridgehead atoms. The summed E-state index contributed by atoms with van der Waals surface area (Å²) in [5, 5.41) is 18.6. The number of carbonyl (C=O) groups excluding carboxylic acids is 1. The van der Waals surface area contributed by atoms with Crippen LogP contribution in [0.2, 0.25) is 0 Å². The largest absolute Gasteiger partial charge is 0.462 e. The zero-order valence-corrected chi connectivity index (χ0v) is 25.3. The zero-order valence-electron chi connectivity index (χ0n) is 25.3. The lowest BCUT2D eigenvalue weighted by atomic mass is 9.89. The molecule has 3 rings (SSSR count). The van der Waals surface area contributed by atoms with Gasteiger partial charge in [0.15, 0.2) is 0 Å². The van der Waals surface area contributed by atoms with E-state index in [2.05, 4.69) is 81.1 Å². The van der Waals surface area contributed by atoms with Crippen LogP contribution < -0.4 is 0 Å². The number of hydrogen-bond acceptors (Lipinski definition) is 4. The molecule has 0 fully saturated rings. The SMILES string of the molecule is C=C(C)C(=O)OCCCc1ccc(CCc2ccc(-c3ccc(CCCC(CO)CO)cc3CC)c(CC)c2)cc1. The van der Waals surface area contributed by atoms with Crippen molar-refractivity contribution in [2.24, 2.45) is 5.92 Å². The third-order valence-electron chi connectivity index (χ3n) is 7.90. The van der Waals surface area contributed by atoms with Crippen LogP contribution in [0.5, 0.6) is 0 Å². The van der Waals surface area contributed by atoms with Crippen LogP contribution in [0.25, 0.3) is 11.1 Å². The molecule has 3 aromatic rings. The summed E-state index contributed by atoms with van der Waals surface area (Å²) in [5.41, 5.74) is 11.1. The van der Waals surface area contributed by atoms with Crippen molar-refractivity contribution in [1.82, 2.24) is 0 Å². The molecule has 4 nitrogen and oxygen atoms in total. The van der Waals surface area contributed by atoms with Gasteiger partial charge in [-0.05, 0) is 109 Å². The average molecular weight is 557 g/mol. The van der Waals surface area contributed by atoms with E-state index in [-0.39, 0.29) is 25.1 Å².